The smallest absolute Gasteiger partial charge is 0.337 e. The van der Waals surface area contributed by atoms with Crippen LogP contribution < -0.4 is 14.8 Å². The van der Waals surface area contributed by atoms with Crippen molar-refractivity contribution in [2.45, 2.75) is 86.0 Å². The second kappa shape index (κ2) is 19.8. The number of carbonyl (C=O) groups is 3. The Hall–Kier alpha value is -4.87. The summed E-state index contributed by atoms with van der Waals surface area (Å²) in [6, 6.07) is 22.1. The zero-order valence-corrected chi connectivity index (χ0v) is 31.6. The summed E-state index contributed by atoms with van der Waals surface area (Å²) in [6.45, 7) is 2.75. The van der Waals surface area contributed by atoms with E-state index in [1.165, 1.54) is 137 Å². The maximum atomic E-state index is 14.0. The predicted molar refractivity (Wildman–Crippen MR) is 204 cm³/mol. The average molecular weight is 764 g/mol. The second-order valence-electron chi connectivity index (χ2n) is 12.6. The number of phenolic OH excluding ortho intramolecular Hbond substituents is 1. The molecule has 4 rings (SSSR count). The summed E-state index contributed by atoms with van der Waals surface area (Å²) in [5.41, 5.74) is 0.525. The average Bonchev–Trinajstić information content (AvgIpc) is 3.17. The number of methoxy groups -OCH3 is 1. The number of amides is 1. The van der Waals surface area contributed by atoms with Crippen molar-refractivity contribution in [1.82, 2.24) is 0 Å². The molecule has 1 atom stereocenters. The van der Waals surface area contributed by atoms with E-state index in [4.69, 9.17) is 25.8 Å². The van der Waals surface area contributed by atoms with Crippen LogP contribution >= 0.6 is 11.6 Å². The van der Waals surface area contributed by atoms with Gasteiger partial charge in [0.1, 0.15) is 17.2 Å². The van der Waals surface area contributed by atoms with Gasteiger partial charge >= 0.3 is 11.0 Å². The number of nitrogens with one attached hydrogen (secondary N) is 1. The van der Waals surface area contributed by atoms with Crippen LogP contribution in [0.25, 0.3) is 0 Å². The molecule has 0 saturated heterocycles. The van der Waals surface area contributed by atoms with Crippen LogP contribution in [0.4, 0.5) is 5.69 Å². The number of carbonyl (C=O) groups excluding carboxylic acids is 3. The quantitative estimate of drug-likeness (QED) is 0.0279. The lowest BCUT2D eigenvalue weighted by atomic mass is 10.0. The zero-order valence-electron chi connectivity index (χ0n) is 30.0. The number of benzene rings is 4. The molecule has 1 amide bonds. The molecule has 0 aliphatic rings. The summed E-state index contributed by atoms with van der Waals surface area (Å²) in [6.07, 6.45) is 12.1. The van der Waals surface area contributed by atoms with E-state index in [9.17, 15) is 27.9 Å². The Balaban J connectivity index is 1.45. The summed E-state index contributed by atoms with van der Waals surface area (Å²) in [5, 5.41) is 9.47. The van der Waals surface area contributed by atoms with E-state index >= 15 is 0 Å². The highest BCUT2D eigenvalue weighted by Crippen LogP contribution is 2.31. The minimum atomic E-state index is -3.96. The van der Waals surface area contributed by atoms with Gasteiger partial charge in [-0.2, -0.15) is 0 Å². The first kappa shape index (κ1) is 40.9. The number of ketones is 1. The minimum Gasteiger partial charge on any atom is -0.508 e. The molecule has 0 heterocycles. The number of ether oxygens (including phenoxy) is 3. The highest BCUT2D eigenvalue weighted by molar-refractivity contribution is 7.91. The molecule has 0 fully saturated rings. The minimum absolute atomic E-state index is 0.0423. The fourth-order valence-corrected chi connectivity index (χ4v) is 7.00. The van der Waals surface area contributed by atoms with Crippen LogP contribution in [-0.2, 0) is 19.4 Å². The molecule has 1 unspecified atom stereocenters. The van der Waals surface area contributed by atoms with Crippen LogP contribution in [0.15, 0.2) is 107 Å². The van der Waals surface area contributed by atoms with Gasteiger partial charge in [-0.25, -0.2) is 13.2 Å². The Bertz CT molecular complexity index is 1900. The molecule has 0 radical (unpaired) electrons. The Kier molecular flexibility index (Phi) is 15.3. The van der Waals surface area contributed by atoms with Crippen molar-refractivity contribution in [1.29, 1.82) is 0 Å². The van der Waals surface area contributed by atoms with E-state index in [1.54, 1.807) is 12.1 Å². The summed E-state index contributed by atoms with van der Waals surface area (Å²) >= 11 is 6.80. The van der Waals surface area contributed by atoms with Crippen LogP contribution in [0.1, 0.15) is 91.8 Å². The van der Waals surface area contributed by atoms with Crippen LogP contribution in [0.3, 0.4) is 0 Å². The van der Waals surface area contributed by atoms with Gasteiger partial charge in [-0.15, -0.1) is 0 Å². The van der Waals surface area contributed by atoms with Crippen molar-refractivity contribution in [2.75, 3.05) is 19.0 Å². The van der Waals surface area contributed by atoms with Crippen LogP contribution in [-0.4, -0.2) is 50.0 Å². The van der Waals surface area contributed by atoms with Gasteiger partial charge in [-0.1, -0.05) is 76.3 Å². The van der Waals surface area contributed by atoms with Crippen molar-refractivity contribution < 1.29 is 42.1 Å². The lowest BCUT2D eigenvalue weighted by molar-refractivity contribution is -0.123. The number of rotatable bonds is 21. The third-order valence-electron chi connectivity index (χ3n) is 8.57. The van der Waals surface area contributed by atoms with Crippen LogP contribution in [0, 0.1) is 0 Å². The second-order valence-corrected chi connectivity index (χ2v) is 15.1. The number of phenols is 1. The number of Topliss-reactive ketones (excluding diaryl/α,β-unsaturated/α-hetero) is 1. The molecule has 0 bridgehead atoms. The number of hydrogen-bond acceptors (Lipinski definition) is 9. The first-order valence-corrected chi connectivity index (χ1v) is 19.6. The molecular formula is C41H46ClNO9S. The standard InChI is InChI=1S/C41H46ClNO9S/c1-3-4-5-6-7-8-9-10-11-12-29-51-34-21-15-30(16-22-34)38(45)41(42,40(47)43-32-17-13-31(14-18-32)39(46)50-2)52-35-23-27-37(28-24-35)53(48,49)36-25-19-33(44)20-26-36/h13-28,44H,3-12,29H2,1-2H3,(H,43,47). The number of unbranched alkanes of at least 4 members (excludes halogenated alkanes) is 9. The molecule has 0 saturated carbocycles. The monoisotopic (exact) mass is 763 g/mol. The maximum Gasteiger partial charge on any atom is 0.337 e. The normalized spacial score (nSPS) is 12.4. The summed E-state index contributed by atoms with van der Waals surface area (Å²) in [7, 11) is -2.71. The molecule has 4 aromatic rings. The summed E-state index contributed by atoms with van der Waals surface area (Å²) < 4.78 is 42.7. The molecule has 12 heteroatoms. The Morgan fingerprint density at radius 3 is 1.72 bits per heavy atom. The molecule has 2 N–H and O–H groups in total. The molecule has 0 aromatic heterocycles. The third-order valence-corrected chi connectivity index (χ3v) is 10.8. The molecule has 0 spiro atoms. The van der Waals surface area contributed by atoms with Crippen molar-refractivity contribution in [3.05, 3.63) is 108 Å². The summed E-state index contributed by atoms with van der Waals surface area (Å²) in [5.74, 6) is -2.08. The Morgan fingerprint density at radius 1 is 0.679 bits per heavy atom. The van der Waals surface area contributed by atoms with Crippen LogP contribution in [0.2, 0.25) is 0 Å². The maximum absolute atomic E-state index is 14.0. The van der Waals surface area contributed by atoms with Gasteiger partial charge in [0.25, 0.3) is 5.91 Å². The van der Waals surface area contributed by atoms with Crippen molar-refractivity contribution >= 4 is 44.8 Å². The van der Waals surface area contributed by atoms with Gasteiger partial charge in [0.05, 0.1) is 29.1 Å². The van der Waals surface area contributed by atoms with E-state index in [2.05, 4.69) is 12.2 Å². The van der Waals surface area contributed by atoms with Gasteiger partial charge in [0.2, 0.25) is 15.6 Å². The number of aromatic hydroxyl groups is 1. The lowest BCUT2D eigenvalue weighted by Gasteiger charge is -2.26. The van der Waals surface area contributed by atoms with Crippen LogP contribution in [0.5, 0.6) is 17.2 Å². The van der Waals surface area contributed by atoms with Gasteiger partial charge < -0.3 is 24.6 Å². The molecule has 0 aliphatic carbocycles. The van der Waals surface area contributed by atoms with E-state index in [-0.39, 0.29) is 38.1 Å². The van der Waals surface area contributed by atoms with E-state index in [0.29, 0.717) is 12.4 Å². The van der Waals surface area contributed by atoms with Crippen molar-refractivity contribution in [3.8, 4) is 17.2 Å². The molecule has 0 aliphatic heterocycles. The SMILES string of the molecule is CCCCCCCCCCCCOc1ccc(C(=O)C(Cl)(Oc2ccc(S(=O)(=O)c3ccc(O)cc3)cc2)C(=O)Nc2ccc(C(=O)OC)cc2)cc1. The highest BCUT2D eigenvalue weighted by atomic mass is 35.5. The third kappa shape index (κ3) is 11.6. The topological polar surface area (TPSA) is 145 Å². The van der Waals surface area contributed by atoms with E-state index in [0.717, 1.165) is 19.3 Å². The number of sulfone groups is 1. The molecule has 282 valence electrons. The van der Waals surface area contributed by atoms with E-state index in [1.807, 2.05) is 0 Å². The van der Waals surface area contributed by atoms with E-state index < -0.39 is 32.6 Å². The number of halogens is 1. The number of alkyl halides is 1. The lowest BCUT2D eigenvalue weighted by Crippen LogP contribution is -2.50. The van der Waals surface area contributed by atoms with Gasteiger partial charge in [0, 0.05) is 11.3 Å². The zero-order chi connectivity index (χ0) is 38.3. The molecule has 10 nitrogen and oxygen atoms in total. The molecule has 53 heavy (non-hydrogen) atoms. The van der Waals surface area contributed by atoms with Gasteiger partial charge in [-0.3, -0.25) is 9.59 Å². The highest BCUT2D eigenvalue weighted by Gasteiger charge is 2.47. The number of esters is 1. The Morgan fingerprint density at radius 2 is 1.17 bits per heavy atom. The predicted octanol–water partition coefficient (Wildman–Crippen LogP) is 9.15. The van der Waals surface area contributed by atoms with Crippen molar-refractivity contribution in [2.24, 2.45) is 0 Å². The molecule has 4 aromatic carbocycles. The summed E-state index contributed by atoms with van der Waals surface area (Å²) in [4.78, 5) is 39.4. The Labute approximate surface area is 316 Å². The fourth-order valence-electron chi connectivity index (χ4n) is 5.49. The first-order valence-electron chi connectivity index (χ1n) is 17.8. The fraction of sp³-hybridized carbons (Fsp3) is 0.341. The molecular weight excluding hydrogens is 718 g/mol. The number of hydrogen-bond donors (Lipinski definition) is 2. The van der Waals surface area contributed by atoms with Gasteiger partial charge in [-0.05, 0) is 103 Å². The largest absolute Gasteiger partial charge is 0.508 e. The van der Waals surface area contributed by atoms with Crippen molar-refractivity contribution in [3.63, 3.8) is 0 Å². The van der Waals surface area contributed by atoms with Gasteiger partial charge in [0.15, 0.2) is 0 Å². The number of anilines is 1. The first-order chi connectivity index (χ1) is 25.5.